The number of thiazole rings is 1. The van der Waals surface area contributed by atoms with Crippen molar-refractivity contribution in [3.8, 4) is 0 Å². The van der Waals surface area contributed by atoms with Gasteiger partial charge in [-0.3, -0.25) is 14.5 Å². The van der Waals surface area contributed by atoms with Crippen LogP contribution in [0.2, 0.25) is 0 Å². The molecule has 1 saturated heterocycles. The number of ketones is 1. The van der Waals surface area contributed by atoms with Gasteiger partial charge in [0, 0.05) is 29.5 Å². The summed E-state index contributed by atoms with van der Waals surface area (Å²) in [5.41, 5.74) is 11.4. The van der Waals surface area contributed by atoms with Crippen molar-refractivity contribution in [3.05, 3.63) is 40.6 Å². The number of nitrogens with two attached hydrogens (primary N) is 2. The number of β-lactam (4-membered cyclic amide) rings is 1. The molecule has 0 bridgehead atoms. The van der Waals surface area contributed by atoms with Gasteiger partial charge >= 0.3 is 11.9 Å². The molecular formula is C24H28N7O7S2+. The van der Waals surface area contributed by atoms with Crippen molar-refractivity contribution in [1.82, 2.24) is 14.9 Å². The number of oxime groups is 1. The average Bonchev–Trinajstić information content (AvgIpc) is 3.32. The van der Waals surface area contributed by atoms with Crippen LogP contribution in [-0.2, 0) is 37.0 Å². The van der Waals surface area contributed by atoms with Crippen molar-refractivity contribution in [2.24, 2.45) is 11.1 Å². The zero-order valence-electron chi connectivity index (χ0n) is 21.9. The molecule has 2 aliphatic rings. The molecule has 6 N–H and O–H groups in total. The normalized spacial score (nSPS) is 19.2. The third-order valence-electron chi connectivity index (χ3n) is 6.38. The molecule has 0 aromatic carbocycles. The summed E-state index contributed by atoms with van der Waals surface area (Å²) in [4.78, 5) is 64.8. The number of nitrogens with zero attached hydrogens (tertiary/aromatic N) is 5. The molecule has 2 aromatic heterocycles. The molecule has 1 amide bonds. The Morgan fingerprint density at radius 1 is 1.30 bits per heavy atom. The van der Waals surface area contributed by atoms with E-state index in [0.717, 1.165) is 17.0 Å². The van der Waals surface area contributed by atoms with Gasteiger partial charge in [-0.15, -0.1) is 23.1 Å². The Hall–Kier alpha value is -4.05. The number of carbonyl (C=O) groups is 4. The largest absolute Gasteiger partial charge is 0.478 e. The minimum atomic E-state index is -1.73. The molecule has 0 spiro atoms. The molecule has 14 nitrogen and oxygen atoms in total. The summed E-state index contributed by atoms with van der Waals surface area (Å²) < 4.78 is 1.67. The standard InChI is InChI=1S/C24H27N7O7S2/c1-4-14-13(25)7-30(10-27-14)6-11-8-39-20-12(19(33)31(20)18(11)21(34)35)5-16(32)17(15-9-40-23(26)28-15)29-38-24(2,3)22(36)37/h7,9-10,12,20H,4-6,8,25H2,1-3H3,(H3-,26,28,34,35,36,37)/p+1/b29-17-/t12-,20?/m1/s1. The van der Waals surface area contributed by atoms with Gasteiger partial charge in [0.25, 0.3) is 6.33 Å². The van der Waals surface area contributed by atoms with Crippen LogP contribution in [0.25, 0.3) is 0 Å². The predicted molar refractivity (Wildman–Crippen MR) is 145 cm³/mol. The highest BCUT2D eigenvalue weighted by Gasteiger charge is 2.54. The lowest BCUT2D eigenvalue weighted by Gasteiger charge is -2.49. The first kappa shape index (κ1) is 28.9. The first-order valence-electron chi connectivity index (χ1n) is 12.1. The van der Waals surface area contributed by atoms with Crippen LogP contribution in [0.1, 0.15) is 38.6 Å². The van der Waals surface area contributed by atoms with Gasteiger partial charge in [-0.1, -0.05) is 17.1 Å². The van der Waals surface area contributed by atoms with Gasteiger partial charge < -0.3 is 26.5 Å². The van der Waals surface area contributed by atoms with E-state index >= 15 is 0 Å². The molecule has 2 atom stereocenters. The molecule has 0 aliphatic carbocycles. The van der Waals surface area contributed by atoms with Crippen LogP contribution in [0.5, 0.6) is 0 Å². The second-order valence-electron chi connectivity index (χ2n) is 9.62. The lowest BCUT2D eigenvalue weighted by Crippen LogP contribution is -2.62. The first-order valence-corrected chi connectivity index (χ1v) is 14.0. The van der Waals surface area contributed by atoms with E-state index in [4.69, 9.17) is 16.3 Å². The maximum atomic E-state index is 13.3. The Bertz CT molecular complexity index is 1450. The van der Waals surface area contributed by atoms with Gasteiger partial charge in [0.15, 0.2) is 22.3 Å². The lowest BCUT2D eigenvalue weighted by atomic mass is 9.89. The molecule has 212 valence electrons. The van der Waals surface area contributed by atoms with Crippen molar-refractivity contribution in [1.29, 1.82) is 0 Å². The SMILES string of the molecule is CCc1nc[n+](CC2=C(C(=O)O)N3C(=O)[C@@H](CC(=O)/C(=N\OC(C)(C)C(=O)O)c4csc(N)n4)C3SC2)cc1N. The van der Waals surface area contributed by atoms with E-state index in [1.165, 1.54) is 35.9 Å². The molecule has 0 saturated carbocycles. The fourth-order valence-electron chi connectivity index (χ4n) is 4.18. The number of aromatic nitrogens is 3. The van der Waals surface area contributed by atoms with E-state index < -0.39 is 40.5 Å². The second-order valence-corrected chi connectivity index (χ2v) is 11.6. The molecule has 40 heavy (non-hydrogen) atoms. The topological polar surface area (TPSA) is 215 Å². The number of Topliss-reactive ketones (excluding diaryl/α,β-unsaturated/α-hetero) is 1. The van der Waals surface area contributed by atoms with Crippen molar-refractivity contribution in [3.63, 3.8) is 0 Å². The number of carbonyl (C=O) groups excluding carboxylic acids is 2. The molecular weight excluding hydrogens is 562 g/mol. The third-order valence-corrected chi connectivity index (χ3v) is 8.45. The number of carboxylic acid groups (broad SMARTS) is 2. The molecule has 1 unspecified atom stereocenters. The van der Waals surface area contributed by atoms with Crippen LogP contribution in [0.3, 0.4) is 0 Å². The molecule has 2 aromatic rings. The van der Waals surface area contributed by atoms with Crippen LogP contribution in [0.4, 0.5) is 10.8 Å². The third kappa shape index (κ3) is 5.62. The number of aryl methyl sites for hydroxylation is 1. The predicted octanol–water partition coefficient (Wildman–Crippen LogP) is 0.666. The summed E-state index contributed by atoms with van der Waals surface area (Å²) >= 11 is 2.40. The summed E-state index contributed by atoms with van der Waals surface area (Å²) in [6, 6.07) is 0. The number of carboxylic acids is 2. The van der Waals surface area contributed by atoms with E-state index in [0.29, 0.717) is 23.4 Å². The number of amides is 1. The van der Waals surface area contributed by atoms with E-state index in [-0.39, 0.29) is 35.2 Å². The average molecular weight is 591 g/mol. The molecule has 16 heteroatoms. The second kappa shape index (κ2) is 11.2. The summed E-state index contributed by atoms with van der Waals surface area (Å²) in [6.07, 6.45) is 3.59. The van der Waals surface area contributed by atoms with E-state index in [2.05, 4.69) is 15.1 Å². The Balaban J connectivity index is 1.55. The minimum absolute atomic E-state index is 0.0843. The molecule has 2 aliphatic heterocycles. The summed E-state index contributed by atoms with van der Waals surface area (Å²) in [5, 5.41) is 24.1. The first-order chi connectivity index (χ1) is 18.8. The summed E-state index contributed by atoms with van der Waals surface area (Å²) in [6.45, 7) is 4.63. The van der Waals surface area contributed by atoms with Crippen molar-refractivity contribution in [2.75, 3.05) is 17.2 Å². The minimum Gasteiger partial charge on any atom is -0.478 e. The van der Waals surface area contributed by atoms with Crippen LogP contribution < -0.4 is 16.0 Å². The molecule has 4 heterocycles. The molecule has 0 radical (unpaired) electrons. The number of rotatable bonds is 11. The van der Waals surface area contributed by atoms with Crippen LogP contribution in [-0.4, -0.2) is 71.1 Å². The number of nitrogen functional groups attached to an aromatic ring is 2. The highest BCUT2D eigenvalue weighted by molar-refractivity contribution is 8.00. The van der Waals surface area contributed by atoms with Gasteiger partial charge in [-0.2, -0.15) is 0 Å². The van der Waals surface area contributed by atoms with Gasteiger partial charge in [-0.25, -0.2) is 19.1 Å². The number of hydrogen-bond donors (Lipinski definition) is 4. The van der Waals surface area contributed by atoms with Crippen LogP contribution in [0, 0.1) is 5.92 Å². The maximum absolute atomic E-state index is 13.3. The van der Waals surface area contributed by atoms with E-state index in [9.17, 15) is 29.4 Å². The molecule has 1 fully saturated rings. The lowest BCUT2D eigenvalue weighted by molar-refractivity contribution is -0.691. The number of anilines is 2. The Kier molecular flexibility index (Phi) is 8.11. The molecule has 4 rings (SSSR count). The highest BCUT2D eigenvalue weighted by atomic mass is 32.2. The van der Waals surface area contributed by atoms with E-state index in [1.807, 2.05) is 6.92 Å². The van der Waals surface area contributed by atoms with Crippen LogP contribution >= 0.6 is 23.1 Å². The monoisotopic (exact) mass is 590 g/mol. The van der Waals surface area contributed by atoms with E-state index in [1.54, 1.807) is 17.1 Å². The van der Waals surface area contributed by atoms with Gasteiger partial charge in [0.2, 0.25) is 11.5 Å². The zero-order chi connectivity index (χ0) is 29.4. The Morgan fingerprint density at radius 3 is 2.60 bits per heavy atom. The smallest absolute Gasteiger partial charge is 0.352 e. The summed E-state index contributed by atoms with van der Waals surface area (Å²) in [5.74, 6) is -4.21. The van der Waals surface area contributed by atoms with Crippen molar-refractivity contribution >= 4 is 63.3 Å². The quantitative estimate of drug-likeness (QED) is 0.123. The number of aliphatic carboxylic acids is 2. The maximum Gasteiger partial charge on any atom is 0.352 e. The summed E-state index contributed by atoms with van der Waals surface area (Å²) in [7, 11) is 0. The zero-order valence-corrected chi connectivity index (χ0v) is 23.5. The van der Waals surface area contributed by atoms with Gasteiger partial charge in [-0.05, 0) is 13.8 Å². The Labute approximate surface area is 236 Å². The van der Waals surface area contributed by atoms with Gasteiger partial charge in [0.1, 0.15) is 29.8 Å². The number of fused-ring (bicyclic) bond motifs is 1. The number of thioether (sulfide) groups is 1. The van der Waals surface area contributed by atoms with Gasteiger partial charge in [0.05, 0.1) is 11.3 Å². The Morgan fingerprint density at radius 2 is 2.02 bits per heavy atom. The van der Waals surface area contributed by atoms with Crippen LogP contribution in [0.15, 0.2) is 34.3 Å². The highest BCUT2D eigenvalue weighted by Crippen LogP contribution is 2.45. The number of hydrogen-bond acceptors (Lipinski definition) is 12. The van der Waals surface area contributed by atoms with Crippen molar-refractivity contribution in [2.45, 2.75) is 51.1 Å². The van der Waals surface area contributed by atoms with Crippen molar-refractivity contribution < 1.29 is 38.8 Å². The fourth-order valence-corrected chi connectivity index (χ4v) is 6.13. The fraction of sp³-hybridized carbons (Fsp3) is 0.417.